The highest BCUT2D eigenvalue weighted by atomic mass is 16.3. The van der Waals surface area contributed by atoms with E-state index in [-0.39, 0.29) is 16.9 Å². The van der Waals surface area contributed by atoms with Gasteiger partial charge in [0.1, 0.15) is 6.04 Å². The summed E-state index contributed by atoms with van der Waals surface area (Å²) in [4.78, 5) is 0. The smallest absolute Gasteiger partial charge is 0.110 e. The molecule has 3 heteroatoms. The molecule has 0 aromatic rings. The van der Waals surface area contributed by atoms with Crippen molar-refractivity contribution in [3.63, 3.8) is 0 Å². The van der Waals surface area contributed by atoms with Crippen molar-refractivity contribution in [3.05, 3.63) is 36.0 Å². The zero-order chi connectivity index (χ0) is 16.5. The Balaban J connectivity index is 1.74. The molecular weight excluding hydrogens is 284 g/mol. The van der Waals surface area contributed by atoms with Crippen LogP contribution in [0.2, 0.25) is 0 Å². The molecular formula is C20H27N2O. The summed E-state index contributed by atoms with van der Waals surface area (Å²) < 4.78 is 0. The second-order valence-corrected chi connectivity index (χ2v) is 8.79. The summed E-state index contributed by atoms with van der Waals surface area (Å²) in [5.41, 5.74) is 9.93. The number of nitrogens with zero attached hydrogens (tertiary/aromatic N) is 2. The summed E-state index contributed by atoms with van der Waals surface area (Å²) in [5, 5.41) is 14.3. The Labute approximate surface area is 139 Å². The molecule has 0 amide bonds. The molecule has 1 N–H and O–H groups in total. The molecule has 4 unspecified atom stereocenters. The largest absolute Gasteiger partial charge is 0.390 e. The molecule has 0 heterocycles. The van der Waals surface area contributed by atoms with Crippen molar-refractivity contribution in [2.24, 2.45) is 33.7 Å². The zero-order valence-electron chi connectivity index (χ0n) is 14.4. The number of hydrogen-bond acceptors (Lipinski definition) is 2. The normalized spacial score (nSPS) is 54.0. The average Bonchev–Trinajstić information content (AvgIpc) is 2.77. The Hall–Kier alpha value is -1.22. The number of allylic oxidation sites excluding steroid dienone is 4. The minimum atomic E-state index is -0.531. The van der Waals surface area contributed by atoms with Crippen LogP contribution in [0, 0.1) is 28.6 Å². The maximum absolute atomic E-state index is 10.9. The molecule has 0 bridgehead atoms. The van der Waals surface area contributed by atoms with Gasteiger partial charge in [0.25, 0.3) is 0 Å². The Morgan fingerprint density at radius 1 is 1.13 bits per heavy atom. The third-order valence-corrected chi connectivity index (χ3v) is 7.91. The molecule has 23 heavy (non-hydrogen) atoms. The van der Waals surface area contributed by atoms with Crippen LogP contribution in [0.3, 0.4) is 0 Å². The first-order chi connectivity index (χ1) is 10.8. The van der Waals surface area contributed by atoms with Crippen molar-refractivity contribution in [3.8, 4) is 0 Å². The summed E-state index contributed by atoms with van der Waals surface area (Å²) in [6.45, 7) is 6.68. The van der Waals surface area contributed by atoms with Crippen LogP contribution in [-0.2, 0) is 0 Å². The van der Waals surface area contributed by atoms with Gasteiger partial charge in [-0.15, -0.1) is 0 Å². The predicted molar refractivity (Wildman–Crippen MR) is 90.5 cm³/mol. The fourth-order valence-electron chi connectivity index (χ4n) is 6.08. The molecule has 4 aliphatic carbocycles. The standard InChI is InChI=1S/C20H27N2O/c1-18-9-6-14(22-21)12-13(18)4-5-15-16(18)7-10-19(2)17(15)8-11-20(19,3)23/h4-6,9,12,14-17,23H,7-8,10-11H2,1-3H3/t14?,15?,16?,17?,18-,19-,20-/m0/s1. The van der Waals surface area contributed by atoms with Crippen molar-refractivity contribution < 1.29 is 5.11 Å². The number of hydrogen-bond donors (Lipinski definition) is 1. The van der Waals surface area contributed by atoms with E-state index in [2.05, 4.69) is 43.3 Å². The van der Waals surface area contributed by atoms with Crippen molar-refractivity contribution in [1.29, 1.82) is 0 Å². The van der Waals surface area contributed by atoms with Crippen molar-refractivity contribution in [1.82, 2.24) is 5.53 Å². The molecule has 1 radical (unpaired) electrons. The predicted octanol–water partition coefficient (Wildman–Crippen LogP) is 3.87. The van der Waals surface area contributed by atoms with Crippen LogP contribution in [0.5, 0.6) is 0 Å². The van der Waals surface area contributed by atoms with Gasteiger partial charge >= 0.3 is 0 Å². The Morgan fingerprint density at radius 3 is 2.61 bits per heavy atom. The lowest BCUT2D eigenvalue weighted by molar-refractivity contribution is -0.0977. The van der Waals surface area contributed by atoms with E-state index in [1.54, 1.807) is 0 Å². The van der Waals surface area contributed by atoms with Crippen molar-refractivity contribution in [2.75, 3.05) is 0 Å². The van der Waals surface area contributed by atoms with Gasteiger partial charge in [-0.25, -0.2) is 0 Å². The molecule has 0 aliphatic heterocycles. The molecule has 7 atom stereocenters. The van der Waals surface area contributed by atoms with Crippen LogP contribution in [0.4, 0.5) is 0 Å². The number of rotatable bonds is 1. The average molecular weight is 311 g/mol. The molecule has 0 spiro atoms. The summed E-state index contributed by atoms with van der Waals surface area (Å²) in [5.74, 6) is 1.69. The molecule has 0 aromatic carbocycles. The highest BCUT2D eigenvalue weighted by molar-refractivity contribution is 5.42. The maximum atomic E-state index is 10.9. The lowest BCUT2D eigenvalue weighted by atomic mass is 9.49. The number of aliphatic hydroxyl groups is 1. The lowest BCUT2D eigenvalue weighted by Gasteiger charge is -2.56. The van der Waals surface area contributed by atoms with Crippen molar-refractivity contribution in [2.45, 2.75) is 58.1 Å². The minimum Gasteiger partial charge on any atom is -0.390 e. The van der Waals surface area contributed by atoms with E-state index in [0.29, 0.717) is 17.8 Å². The molecule has 3 nitrogen and oxygen atoms in total. The molecule has 2 fully saturated rings. The first-order valence-corrected chi connectivity index (χ1v) is 8.98. The monoisotopic (exact) mass is 311 g/mol. The van der Waals surface area contributed by atoms with Crippen LogP contribution < -0.4 is 5.53 Å². The maximum Gasteiger partial charge on any atom is 0.110 e. The molecule has 0 aromatic heterocycles. The van der Waals surface area contributed by atoms with Gasteiger partial charge < -0.3 is 5.11 Å². The lowest BCUT2D eigenvalue weighted by Crippen LogP contribution is -2.52. The van der Waals surface area contributed by atoms with Gasteiger partial charge in [-0.3, -0.25) is 0 Å². The zero-order valence-corrected chi connectivity index (χ0v) is 14.4. The van der Waals surface area contributed by atoms with Gasteiger partial charge in [-0.2, -0.15) is 5.11 Å². The molecule has 2 saturated carbocycles. The topological polar surface area (TPSA) is 54.9 Å². The van der Waals surface area contributed by atoms with E-state index in [0.717, 1.165) is 25.7 Å². The fraction of sp³-hybridized carbons (Fsp3) is 0.700. The quantitative estimate of drug-likeness (QED) is 0.580. The van der Waals surface area contributed by atoms with Gasteiger partial charge in [0.05, 0.1) is 5.60 Å². The van der Waals surface area contributed by atoms with Gasteiger partial charge in [0.15, 0.2) is 0 Å². The Kier molecular flexibility index (Phi) is 3.10. The van der Waals surface area contributed by atoms with Gasteiger partial charge in [-0.1, -0.05) is 44.2 Å². The van der Waals surface area contributed by atoms with E-state index in [1.165, 1.54) is 5.57 Å². The Morgan fingerprint density at radius 2 is 1.87 bits per heavy atom. The van der Waals surface area contributed by atoms with E-state index in [9.17, 15) is 5.11 Å². The number of fused-ring (bicyclic) bond motifs is 5. The second-order valence-electron chi connectivity index (χ2n) is 8.79. The summed E-state index contributed by atoms with van der Waals surface area (Å²) in [7, 11) is 0. The van der Waals surface area contributed by atoms with E-state index < -0.39 is 5.60 Å². The first-order valence-electron chi connectivity index (χ1n) is 8.98. The third-order valence-electron chi connectivity index (χ3n) is 7.91. The fourth-order valence-corrected chi connectivity index (χ4v) is 6.08. The van der Waals surface area contributed by atoms with Crippen LogP contribution in [-0.4, -0.2) is 16.7 Å². The second kappa shape index (κ2) is 4.66. The Bertz CT molecular complexity index is 632. The van der Waals surface area contributed by atoms with Crippen LogP contribution in [0.25, 0.3) is 0 Å². The van der Waals surface area contributed by atoms with Crippen LogP contribution >= 0.6 is 0 Å². The third kappa shape index (κ3) is 1.86. The highest BCUT2D eigenvalue weighted by Gasteiger charge is 2.61. The SMILES string of the molecule is C[C@]12C=CC(N=[N])C=C1C=CC1C2CC[C@@]2(C)C1CC[C@]2(C)O. The highest BCUT2D eigenvalue weighted by Crippen LogP contribution is 2.65. The summed E-state index contributed by atoms with van der Waals surface area (Å²) in [6, 6.07) is -0.208. The molecule has 4 rings (SSSR count). The van der Waals surface area contributed by atoms with E-state index >= 15 is 0 Å². The summed E-state index contributed by atoms with van der Waals surface area (Å²) >= 11 is 0. The minimum absolute atomic E-state index is 0.0381. The van der Waals surface area contributed by atoms with Crippen LogP contribution in [0.1, 0.15) is 46.5 Å². The summed E-state index contributed by atoms with van der Waals surface area (Å²) in [6.07, 6.45) is 15.3. The molecule has 0 saturated heterocycles. The van der Waals surface area contributed by atoms with E-state index in [4.69, 9.17) is 5.53 Å². The molecule has 4 aliphatic rings. The van der Waals surface area contributed by atoms with Gasteiger partial charge in [0, 0.05) is 5.41 Å². The van der Waals surface area contributed by atoms with E-state index in [1.807, 2.05) is 13.0 Å². The van der Waals surface area contributed by atoms with Crippen molar-refractivity contribution >= 4 is 0 Å². The first kappa shape index (κ1) is 15.3. The van der Waals surface area contributed by atoms with Gasteiger partial charge in [-0.05, 0) is 66.9 Å². The van der Waals surface area contributed by atoms with Crippen LogP contribution in [0.15, 0.2) is 41.1 Å². The molecule has 123 valence electrons. The van der Waals surface area contributed by atoms with Gasteiger partial charge in [0.2, 0.25) is 0 Å².